The van der Waals surface area contributed by atoms with Gasteiger partial charge in [-0.05, 0) is 24.3 Å². The number of nitrogen functional groups attached to an aromatic ring is 1. The van der Waals surface area contributed by atoms with E-state index in [2.05, 4.69) is 10.1 Å². The normalized spacial score (nSPS) is 10.5. The molecule has 0 fully saturated rings. The van der Waals surface area contributed by atoms with Crippen LogP contribution in [0.25, 0.3) is 11.4 Å². The summed E-state index contributed by atoms with van der Waals surface area (Å²) in [5, 5.41) is 4.44. The van der Waals surface area contributed by atoms with Crippen molar-refractivity contribution in [2.75, 3.05) is 5.73 Å². The number of aromatic nitrogens is 3. The molecule has 0 aliphatic heterocycles. The monoisotopic (exact) mass is 268 g/mol. The standard InChI is InChI=1S/C14H12N4S/c15-12-6-8-13(9-7-12)19-18-10-16-14(17-18)11-4-2-1-3-5-11/h1-10H,15H2. The minimum atomic E-state index is 0.726. The van der Waals surface area contributed by atoms with Crippen molar-refractivity contribution in [3.05, 3.63) is 60.9 Å². The second-order valence-corrected chi connectivity index (χ2v) is 5.03. The molecule has 1 heterocycles. The van der Waals surface area contributed by atoms with Gasteiger partial charge in [0.05, 0.1) is 0 Å². The van der Waals surface area contributed by atoms with E-state index in [-0.39, 0.29) is 0 Å². The topological polar surface area (TPSA) is 56.7 Å². The van der Waals surface area contributed by atoms with Gasteiger partial charge in [-0.15, -0.1) is 5.10 Å². The lowest BCUT2D eigenvalue weighted by molar-refractivity contribution is 1.01. The molecule has 5 heteroatoms. The maximum Gasteiger partial charge on any atom is 0.182 e. The highest BCUT2D eigenvalue weighted by molar-refractivity contribution is 7.97. The zero-order valence-electron chi connectivity index (χ0n) is 10.1. The third kappa shape index (κ3) is 2.77. The van der Waals surface area contributed by atoms with E-state index < -0.39 is 0 Å². The molecule has 0 amide bonds. The predicted molar refractivity (Wildman–Crippen MR) is 77.6 cm³/mol. The summed E-state index contributed by atoms with van der Waals surface area (Å²) < 4.78 is 1.74. The van der Waals surface area contributed by atoms with Crippen LogP contribution in [0.1, 0.15) is 0 Å². The van der Waals surface area contributed by atoms with E-state index >= 15 is 0 Å². The lowest BCUT2D eigenvalue weighted by Gasteiger charge is -2.00. The van der Waals surface area contributed by atoms with Gasteiger partial charge < -0.3 is 5.73 Å². The second kappa shape index (κ2) is 5.16. The number of hydrogen-bond donors (Lipinski definition) is 1. The Morgan fingerprint density at radius 2 is 1.68 bits per heavy atom. The van der Waals surface area contributed by atoms with Crippen LogP contribution in [0.3, 0.4) is 0 Å². The van der Waals surface area contributed by atoms with Crippen LogP contribution in [0.4, 0.5) is 5.69 Å². The molecule has 0 radical (unpaired) electrons. The first-order valence-corrected chi connectivity index (χ1v) is 6.59. The van der Waals surface area contributed by atoms with Gasteiger partial charge in [0.2, 0.25) is 0 Å². The van der Waals surface area contributed by atoms with Crippen LogP contribution < -0.4 is 5.73 Å². The molecule has 0 saturated carbocycles. The van der Waals surface area contributed by atoms with E-state index in [0.717, 1.165) is 22.0 Å². The Kier molecular flexibility index (Phi) is 3.20. The summed E-state index contributed by atoms with van der Waals surface area (Å²) in [5.74, 6) is 0.726. The van der Waals surface area contributed by atoms with E-state index in [0.29, 0.717) is 0 Å². The molecule has 3 aromatic rings. The maximum absolute atomic E-state index is 5.66. The first-order chi connectivity index (χ1) is 9.31. The SMILES string of the molecule is Nc1ccc(Sn2cnc(-c3ccccc3)n2)cc1. The van der Waals surface area contributed by atoms with Crippen molar-refractivity contribution in [3.8, 4) is 11.4 Å². The highest BCUT2D eigenvalue weighted by Gasteiger charge is 2.04. The molecule has 19 heavy (non-hydrogen) atoms. The summed E-state index contributed by atoms with van der Waals surface area (Å²) in [7, 11) is 0. The number of benzene rings is 2. The number of nitrogens with two attached hydrogens (primary N) is 1. The number of rotatable bonds is 3. The lowest BCUT2D eigenvalue weighted by atomic mass is 10.2. The molecule has 2 aromatic carbocycles. The minimum absolute atomic E-state index is 0.726. The van der Waals surface area contributed by atoms with Gasteiger partial charge in [-0.2, -0.15) is 4.09 Å². The van der Waals surface area contributed by atoms with Crippen molar-refractivity contribution in [1.82, 2.24) is 14.2 Å². The van der Waals surface area contributed by atoms with Crippen LogP contribution in [0.5, 0.6) is 0 Å². The molecule has 0 spiro atoms. The zero-order valence-corrected chi connectivity index (χ0v) is 10.9. The molecular formula is C14H12N4S. The Morgan fingerprint density at radius 3 is 2.42 bits per heavy atom. The van der Waals surface area contributed by atoms with E-state index in [1.807, 2.05) is 54.6 Å². The van der Waals surface area contributed by atoms with Crippen molar-refractivity contribution in [2.24, 2.45) is 0 Å². The molecule has 4 nitrogen and oxygen atoms in total. The number of anilines is 1. The van der Waals surface area contributed by atoms with Crippen LogP contribution in [0.15, 0.2) is 65.8 Å². The average molecular weight is 268 g/mol. The summed E-state index contributed by atoms with van der Waals surface area (Å²) in [6.07, 6.45) is 1.71. The molecule has 0 unspecified atom stereocenters. The smallest absolute Gasteiger partial charge is 0.182 e. The Hall–Kier alpha value is -2.27. The molecule has 0 bridgehead atoms. The van der Waals surface area contributed by atoms with Crippen LogP contribution >= 0.6 is 11.9 Å². The minimum Gasteiger partial charge on any atom is -0.399 e. The van der Waals surface area contributed by atoms with E-state index in [1.54, 1.807) is 10.4 Å². The fraction of sp³-hybridized carbons (Fsp3) is 0. The number of hydrogen-bond acceptors (Lipinski definition) is 4. The van der Waals surface area contributed by atoms with Gasteiger partial charge >= 0.3 is 0 Å². The van der Waals surface area contributed by atoms with Crippen LogP contribution in [0.2, 0.25) is 0 Å². The summed E-state index contributed by atoms with van der Waals surface area (Å²) in [6, 6.07) is 17.6. The Labute approximate surface area is 115 Å². The van der Waals surface area contributed by atoms with Gasteiger partial charge in [-0.25, -0.2) is 4.98 Å². The van der Waals surface area contributed by atoms with Crippen molar-refractivity contribution >= 4 is 17.6 Å². The third-order valence-electron chi connectivity index (χ3n) is 2.58. The van der Waals surface area contributed by atoms with E-state index in [1.165, 1.54) is 11.9 Å². The fourth-order valence-electron chi connectivity index (χ4n) is 1.65. The molecule has 0 aliphatic rings. The summed E-state index contributed by atoms with van der Waals surface area (Å²) in [6.45, 7) is 0. The molecule has 0 aliphatic carbocycles. The van der Waals surface area contributed by atoms with Crippen LogP contribution in [-0.2, 0) is 0 Å². The molecule has 1 aromatic heterocycles. The molecular weight excluding hydrogens is 256 g/mol. The quantitative estimate of drug-likeness (QED) is 0.742. The fourth-order valence-corrected chi connectivity index (χ4v) is 2.34. The Balaban J connectivity index is 1.80. The lowest BCUT2D eigenvalue weighted by Crippen LogP contribution is -1.89. The highest BCUT2D eigenvalue weighted by Crippen LogP contribution is 2.22. The van der Waals surface area contributed by atoms with Crippen molar-refractivity contribution in [1.29, 1.82) is 0 Å². The Morgan fingerprint density at radius 1 is 0.947 bits per heavy atom. The van der Waals surface area contributed by atoms with Gasteiger partial charge in [0, 0.05) is 28.1 Å². The predicted octanol–water partition coefficient (Wildman–Crippen LogP) is 3.08. The van der Waals surface area contributed by atoms with Crippen molar-refractivity contribution in [2.45, 2.75) is 4.90 Å². The average Bonchev–Trinajstić information content (AvgIpc) is 2.91. The molecule has 0 atom stereocenters. The van der Waals surface area contributed by atoms with Gasteiger partial charge in [0.15, 0.2) is 5.82 Å². The summed E-state index contributed by atoms with van der Waals surface area (Å²) in [5.41, 5.74) is 7.43. The second-order valence-electron chi connectivity index (χ2n) is 4.00. The van der Waals surface area contributed by atoms with Crippen molar-refractivity contribution < 1.29 is 0 Å². The molecule has 2 N–H and O–H groups in total. The van der Waals surface area contributed by atoms with Crippen LogP contribution in [-0.4, -0.2) is 14.2 Å². The molecule has 94 valence electrons. The van der Waals surface area contributed by atoms with E-state index in [9.17, 15) is 0 Å². The van der Waals surface area contributed by atoms with Crippen molar-refractivity contribution in [3.63, 3.8) is 0 Å². The van der Waals surface area contributed by atoms with Gasteiger partial charge in [-0.1, -0.05) is 30.3 Å². The summed E-state index contributed by atoms with van der Waals surface area (Å²) >= 11 is 1.50. The third-order valence-corrected chi connectivity index (χ3v) is 3.43. The van der Waals surface area contributed by atoms with E-state index in [4.69, 9.17) is 5.73 Å². The largest absolute Gasteiger partial charge is 0.399 e. The first kappa shape index (κ1) is 11.8. The molecule has 3 rings (SSSR count). The van der Waals surface area contributed by atoms with Gasteiger partial charge in [-0.3, -0.25) is 0 Å². The van der Waals surface area contributed by atoms with Crippen LogP contribution in [0, 0.1) is 0 Å². The zero-order chi connectivity index (χ0) is 13.1. The number of nitrogens with zero attached hydrogens (tertiary/aromatic N) is 3. The Bertz CT molecular complexity index is 661. The van der Waals surface area contributed by atoms with Gasteiger partial charge in [0.25, 0.3) is 0 Å². The van der Waals surface area contributed by atoms with Gasteiger partial charge in [0.1, 0.15) is 6.33 Å². The maximum atomic E-state index is 5.66. The summed E-state index contributed by atoms with van der Waals surface area (Å²) in [4.78, 5) is 5.37. The first-order valence-electron chi connectivity index (χ1n) is 5.82. The molecule has 0 saturated heterocycles. The highest BCUT2D eigenvalue weighted by atomic mass is 32.2.